The Bertz CT molecular complexity index is 779. The minimum Gasteiger partial charge on any atom is -0.449 e. The van der Waals surface area contributed by atoms with Crippen molar-refractivity contribution in [2.24, 2.45) is 0 Å². The second-order valence-electron chi connectivity index (χ2n) is 4.08. The topological polar surface area (TPSA) is 79.6 Å². The number of carbonyl (C=O) groups excluding carboxylic acids is 1. The fourth-order valence-electron chi connectivity index (χ4n) is 1.98. The van der Waals surface area contributed by atoms with Crippen molar-refractivity contribution >= 4 is 72.0 Å². The number of hydrogen-bond donors (Lipinski definition) is 2. The van der Waals surface area contributed by atoms with E-state index in [4.69, 9.17) is 4.42 Å². The molecule has 0 unspecified atom stereocenters. The van der Waals surface area contributed by atoms with Crippen LogP contribution in [0.15, 0.2) is 21.0 Å². The van der Waals surface area contributed by atoms with Crippen LogP contribution in [0.3, 0.4) is 0 Å². The zero-order chi connectivity index (χ0) is 15.7. The van der Waals surface area contributed by atoms with Crippen LogP contribution in [0, 0.1) is 3.77 Å². The highest BCUT2D eigenvalue weighted by atomic mass is 127. The van der Waals surface area contributed by atoms with Crippen LogP contribution in [-0.4, -0.2) is 27.9 Å². The van der Waals surface area contributed by atoms with Gasteiger partial charge in [0.1, 0.15) is 5.58 Å². The summed E-state index contributed by atoms with van der Waals surface area (Å²) in [5, 5.41) is 3.19. The summed E-state index contributed by atoms with van der Waals surface area (Å²) in [5.41, 5.74) is 1.39. The summed E-state index contributed by atoms with van der Waals surface area (Å²) in [7, 11) is -1.20. The first-order valence-corrected chi connectivity index (χ1v) is 8.96. The number of rotatable bonds is 4. The number of furan rings is 1. The lowest BCUT2D eigenvalue weighted by molar-refractivity contribution is 0.0962. The molecule has 0 atom stereocenters. The lowest BCUT2D eigenvalue weighted by atomic mass is 10.1. The van der Waals surface area contributed by atoms with Gasteiger partial charge in [-0.05, 0) is 28.9 Å². The Morgan fingerprint density at radius 3 is 2.67 bits per heavy atom. The van der Waals surface area contributed by atoms with Crippen molar-refractivity contribution in [1.82, 2.24) is 5.32 Å². The van der Waals surface area contributed by atoms with Crippen LogP contribution >= 0.6 is 38.5 Å². The van der Waals surface area contributed by atoms with Crippen molar-refractivity contribution in [2.75, 3.05) is 17.9 Å². The van der Waals surface area contributed by atoms with Gasteiger partial charge >= 0.3 is 0 Å². The van der Waals surface area contributed by atoms with Crippen LogP contribution in [0.25, 0.3) is 11.0 Å². The van der Waals surface area contributed by atoms with E-state index < -0.39 is 10.9 Å². The molecule has 1 aromatic heterocycles. The van der Waals surface area contributed by atoms with Crippen LogP contribution in [0.5, 0.6) is 0 Å². The molecule has 0 saturated carbocycles. The molecule has 0 saturated heterocycles. The van der Waals surface area contributed by atoms with E-state index in [9.17, 15) is 13.2 Å². The Morgan fingerprint density at radius 2 is 2.14 bits per heavy atom. The van der Waals surface area contributed by atoms with E-state index >= 15 is 0 Å². The minimum atomic E-state index is -2.75. The lowest BCUT2D eigenvalue weighted by Gasteiger charge is -2.16. The summed E-state index contributed by atoms with van der Waals surface area (Å²) in [6, 6.07) is 3.31. The van der Waals surface area contributed by atoms with Gasteiger partial charge in [-0.2, -0.15) is 0 Å². The number of anilines is 1. The molecule has 6 nitrogen and oxygen atoms in total. The first-order chi connectivity index (χ1) is 9.90. The molecule has 1 aromatic carbocycles. The number of hydrogen-bond acceptors (Lipinski definition) is 4. The molecule has 114 valence electrons. The molecule has 0 aliphatic heterocycles. The number of benzene rings is 1. The molecule has 2 aromatic rings. The SMILES string of the molecule is CCN(c1cc2oc(I)c(C(=O)NC)c2cc1Br)[SH](=O)=O. The normalized spacial score (nSPS) is 11.1. The van der Waals surface area contributed by atoms with Gasteiger partial charge in [-0.15, -0.1) is 0 Å². The standard InChI is InChI=1S/C12H12BrIN2O4S/c1-3-16(21(18)19)8-5-9-6(4-7(8)13)10(11(14)20-9)12(17)15-2/h4-5,21H,3H2,1-2H3,(H,15,17). The second-order valence-corrected chi connectivity index (χ2v) is 6.88. The number of nitrogens with zero attached hydrogens (tertiary/aromatic N) is 1. The maximum atomic E-state index is 11.9. The summed E-state index contributed by atoms with van der Waals surface area (Å²) in [5.74, 6) is -0.250. The van der Waals surface area contributed by atoms with E-state index in [2.05, 4.69) is 21.2 Å². The number of amides is 1. The molecular weight excluding hydrogens is 475 g/mol. The number of nitrogens with one attached hydrogen (secondary N) is 1. The van der Waals surface area contributed by atoms with Crippen molar-refractivity contribution in [3.8, 4) is 0 Å². The Hall–Kier alpha value is -0.810. The number of carbonyl (C=O) groups is 1. The zero-order valence-corrected chi connectivity index (χ0v) is 15.8. The maximum absolute atomic E-state index is 11.9. The Balaban J connectivity index is 2.71. The fraction of sp³-hybridized carbons (Fsp3) is 0.250. The van der Waals surface area contributed by atoms with Gasteiger partial charge in [0, 0.05) is 52.1 Å². The van der Waals surface area contributed by atoms with Gasteiger partial charge in [0.15, 0.2) is 3.77 Å². The Kier molecular flexibility index (Phi) is 5.15. The predicted octanol–water partition coefficient (Wildman–Crippen LogP) is 2.51. The summed E-state index contributed by atoms with van der Waals surface area (Å²) >= 11 is 5.30. The smallest absolute Gasteiger partial charge is 0.256 e. The van der Waals surface area contributed by atoms with Crippen LogP contribution < -0.4 is 9.62 Å². The van der Waals surface area contributed by atoms with Crippen molar-refractivity contribution in [2.45, 2.75) is 6.92 Å². The lowest BCUT2D eigenvalue weighted by Crippen LogP contribution is -2.20. The van der Waals surface area contributed by atoms with Crippen molar-refractivity contribution in [3.63, 3.8) is 0 Å². The van der Waals surface area contributed by atoms with Gasteiger partial charge in [-0.3, -0.25) is 9.10 Å². The van der Waals surface area contributed by atoms with E-state index in [-0.39, 0.29) is 5.91 Å². The van der Waals surface area contributed by atoms with Gasteiger partial charge in [-0.25, -0.2) is 8.42 Å². The molecule has 0 radical (unpaired) electrons. The molecule has 1 heterocycles. The fourth-order valence-corrected chi connectivity index (χ4v) is 4.02. The highest BCUT2D eigenvalue weighted by Gasteiger charge is 2.21. The molecular formula is C12H12BrIN2O4S. The Labute approximate surface area is 145 Å². The monoisotopic (exact) mass is 486 g/mol. The maximum Gasteiger partial charge on any atom is 0.256 e. The molecule has 2 rings (SSSR count). The average molecular weight is 487 g/mol. The van der Waals surface area contributed by atoms with E-state index in [1.165, 1.54) is 4.31 Å². The van der Waals surface area contributed by atoms with Crippen LogP contribution in [0.2, 0.25) is 0 Å². The molecule has 0 spiro atoms. The van der Waals surface area contributed by atoms with Crippen LogP contribution in [0.1, 0.15) is 17.3 Å². The summed E-state index contributed by atoms with van der Waals surface area (Å²) < 4.78 is 30.4. The summed E-state index contributed by atoms with van der Waals surface area (Å²) in [6.07, 6.45) is 0. The van der Waals surface area contributed by atoms with Gasteiger partial charge in [0.2, 0.25) is 10.9 Å². The van der Waals surface area contributed by atoms with E-state index in [1.807, 2.05) is 22.6 Å². The van der Waals surface area contributed by atoms with E-state index in [0.29, 0.717) is 37.0 Å². The van der Waals surface area contributed by atoms with Crippen molar-refractivity contribution < 1.29 is 17.6 Å². The van der Waals surface area contributed by atoms with Gasteiger partial charge in [0.05, 0.1) is 11.3 Å². The van der Waals surface area contributed by atoms with Gasteiger partial charge < -0.3 is 9.73 Å². The van der Waals surface area contributed by atoms with Gasteiger partial charge in [0.25, 0.3) is 5.91 Å². The van der Waals surface area contributed by atoms with E-state index in [1.54, 1.807) is 26.1 Å². The number of fused-ring (bicyclic) bond motifs is 1. The summed E-state index contributed by atoms with van der Waals surface area (Å²) in [6.45, 7) is 2.05. The molecule has 1 N–H and O–H groups in total. The molecule has 1 amide bonds. The third kappa shape index (κ3) is 3.04. The number of thiol groups is 1. The van der Waals surface area contributed by atoms with Crippen LogP contribution in [-0.2, 0) is 10.9 Å². The highest BCUT2D eigenvalue weighted by Crippen LogP contribution is 2.36. The molecule has 21 heavy (non-hydrogen) atoms. The molecule has 0 aliphatic carbocycles. The quantitative estimate of drug-likeness (QED) is 0.514. The average Bonchev–Trinajstić information content (AvgIpc) is 2.74. The van der Waals surface area contributed by atoms with Crippen LogP contribution in [0.4, 0.5) is 5.69 Å². The Morgan fingerprint density at radius 1 is 1.48 bits per heavy atom. The third-order valence-electron chi connectivity index (χ3n) is 2.94. The second kappa shape index (κ2) is 6.53. The molecule has 0 bridgehead atoms. The van der Waals surface area contributed by atoms with E-state index in [0.717, 1.165) is 0 Å². The highest BCUT2D eigenvalue weighted by molar-refractivity contribution is 14.1. The molecule has 0 aliphatic rings. The van der Waals surface area contributed by atoms with Crippen molar-refractivity contribution in [3.05, 3.63) is 25.9 Å². The predicted molar refractivity (Wildman–Crippen MR) is 93.4 cm³/mol. The number of halogens is 2. The minimum absolute atomic E-state index is 0.250. The molecule has 0 fully saturated rings. The zero-order valence-electron chi connectivity index (χ0n) is 11.1. The first kappa shape index (κ1) is 16.6. The largest absolute Gasteiger partial charge is 0.449 e. The molecule has 9 heteroatoms. The summed E-state index contributed by atoms with van der Waals surface area (Å²) in [4.78, 5) is 11.9. The van der Waals surface area contributed by atoms with Gasteiger partial charge in [-0.1, -0.05) is 0 Å². The first-order valence-electron chi connectivity index (χ1n) is 5.96. The van der Waals surface area contributed by atoms with Crippen molar-refractivity contribution in [1.29, 1.82) is 0 Å². The third-order valence-corrected chi connectivity index (χ3v) is 5.23.